The number of piperidine rings is 1. The van der Waals surface area contributed by atoms with E-state index in [9.17, 15) is 10.1 Å². The van der Waals surface area contributed by atoms with Crippen molar-refractivity contribution in [2.75, 3.05) is 6.54 Å². The van der Waals surface area contributed by atoms with Crippen molar-refractivity contribution in [3.8, 4) is 0 Å². The molecule has 94 valence electrons. The molecular formula is C12H18N2O2S. The van der Waals surface area contributed by atoms with Crippen LogP contribution in [0.25, 0.3) is 0 Å². The lowest BCUT2D eigenvalue weighted by Gasteiger charge is -2.34. The molecule has 2 heterocycles. The maximum absolute atomic E-state index is 10.6. The second-order valence-electron chi connectivity index (χ2n) is 4.53. The van der Waals surface area contributed by atoms with Crippen molar-refractivity contribution in [3.05, 3.63) is 27.1 Å². The van der Waals surface area contributed by atoms with E-state index >= 15 is 0 Å². The monoisotopic (exact) mass is 254 g/mol. The second kappa shape index (κ2) is 5.60. The molecule has 0 spiro atoms. The fourth-order valence-electron chi connectivity index (χ4n) is 2.48. The molecule has 1 atom stereocenters. The van der Waals surface area contributed by atoms with Crippen LogP contribution in [-0.2, 0) is 6.54 Å². The Morgan fingerprint density at radius 3 is 3.00 bits per heavy atom. The van der Waals surface area contributed by atoms with Crippen molar-refractivity contribution in [1.29, 1.82) is 0 Å². The molecule has 1 saturated heterocycles. The van der Waals surface area contributed by atoms with E-state index in [0.717, 1.165) is 18.0 Å². The van der Waals surface area contributed by atoms with E-state index in [1.165, 1.54) is 37.0 Å². The van der Waals surface area contributed by atoms with Crippen LogP contribution in [0.3, 0.4) is 0 Å². The van der Waals surface area contributed by atoms with E-state index in [1.807, 2.05) is 6.07 Å². The molecule has 1 aromatic rings. The van der Waals surface area contributed by atoms with Gasteiger partial charge in [-0.1, -0.05) is 24.7 Å². The lowest BCUT2D eigenvalue weighted by Crippen LogP contribution is -2.38. The van der Waals surface area contributed by atoms with Gasteiger partial charge in [0.1, 0.15) is 0 Å². The quantitative estimate of drug-likeness (QED) is 0.611. The summed E-state index contributed by atoms with van der Waals surface area (Å²) in [6.07, 6.45) is 5.01. The number of nitrogens with zero attached hydrogens (tertiary/aromatic N) is 2. The van der Waals surface area contributed by atoms with Gasteiger partial charge in [0.05, 0.1) is 4.92 Å². The summed E-state index contributed by atoms with van der Waals surface area (Å²) in [6.45, 7) is 4.22. The number of hydrogen-bond donors (Lipinski definition) is 0. The molecule has 0 aromatic carbocycles. The Balaban J connectivity index is 2.00. The Hall–Kier alpha value is -0.940. The van der Waals surface area contributed by atoms with Crippen LogP contribution < -0.4 is 0 Å². The van der Waals surface area contributed by atoms with Gasteiger partial charge in [-0.25, -0.2) is 0 Å². The molecule has 17 heavy (non-hydrogen) atoms. The van der Waals surface area contributed by atoms with Gasteiger partial charge >= 0.3 is 5.00 Å². The molecule has 0 amide bonds. The molecule has 0 aliphatic carbocycles. The van der Waals surface area contributed by atoms with Crippen LogP contribution in [0.4, 0.5) is 5.00 Å². The predicted molar refractivity (Wildman–Crippen MR) is 69.3 cm³/mol. The van der Waals surface area contributed by atoms with Crippen LogP contribution in [-0.4, -0.2) is 22.4 Å². The normalized spacial score (nSPS) is 21.6. The zero-order valence-electron chi connectivity index (χ0n) is 10.1. The van der Waals surface area contributed by atoms with E-state index < -0.39 is 0 Å². The van der Waals surface area contributed by atoms with Crippen molar-refractivity contribution < 1.29 is 4.92 Å². The van der Waals surface area contributed by atoms with E-state index in [0.29, 0.717) is 6.04 Å². The molecule has 0 saturated carbocycles. The lowest BCUT2D eigenvalue weighted by molar-refractivity contribution is -0.380. The predicted octanol–water partition coefficient (Wildman–Crippen LogP) is 3.42. The third kappa shape index (κ3) is 3.04. The fourth-order valence-corrected chi connectivity index (χ4v) is 3.33. The zero-order valence-corrected chi connectivity index (χ0v) is 10.9. The van der Waals surface area contributed by atoms with Crippen LogP contribution in [0.15, 0.2) is 12.1 Å². The Morgan fingerprint density at radius 1 is 1.53 bits per heavy atom. The van der Waals surface area contributed by atoms with Gasteiger partial charge in [-0.05, 0) is 31.9 Å². The fraction of sp³-hybridized carbons (Fsp3) is 0.667. The van der Waals surface area contributed by atoms with Crippen LogP contribution >= 0.6 is 11.3 Å². The molecule has 1 fully saturated rings. The first-order chi connectivity index (χ1) is 8.20. The van der Waals surface area contributed by atoms with Crippen LogP contribution in [0.1, 0.15) is 37.5 Å². The van der Waals surface area contributed by atoms with Gasteiger partial charge in [0, 0.05) is 23.5 Å². The largest absolute Gasteiger partial charge is 0.324 e. The van der Waals surface area contributed by atoms with Crippen LogP contribution in [0, 0.1) is 10.1 Å². The van der Waals surface area contributed by atoms with E-state index in [2.05, 4.69) is 11.8 Å². The molecule has 0 radical (unpaired) electrons. The Labute approximate surface area is 105 Å². The summed E-state index contributed by atoms with van der Waals surface area (Å²) in [5, 5.41) is 10.9. The first-order valence-electron chi connectivity index (χ1n) is 6.18. The molecule has 1 aliphatic heterocycles. The molecule has 4 nitrogen and oxygen atoms in total. The molecule has 2 rings (SSSR count). The first-order valence-corrected chi connectivity index (χ1v) is 6.99. The highest BCUT2D eigenvalue weighted by Gasteiger charge is 2.22. The molecular weight excluding hydrogens is 236 g/mol. The maximum Gasteiger partial charge on any atom is 0.324 e. The minimum Gasteiger partial charge on any atom is -0.295 e. The lowest BCUT2D eigenvalue weighted by atomic mass is 10.00. The van der Waals surface area contributed by atoms with E-state index in [-0.39, 0.29) is 9.92 Å². The molecule has 0 bridgehead atoms. The van der Waals surface area contributed by atoms with Crippen molar-refractivity contribution in [3.63, 3.8) is 0 Å². The summed E-state index contributed by atoms with van der Waals surface area (Å²) in [6, 6.07) is 4.17. The average Bonchev–Trinajstić information content (AvgIpc) is 2.78. The third-order valence-corrected chi connectivity index (χ3v) is 4.43. The van der Waals surface area contributed by atoms with Crippen molar-refractivity contribution in [1.82, 2.24) is 4.90 Å². The molecule has 1 aromatic heterocycles. The molecule has 0 N–H and O–H groups in total. The van der Waals surface area contributed by atoms with Gasteiger partial charge in [0.25, 0.3) is 0 Å². The highest BCUT2D eigenvalue weighted by Crippen LogP contribution is 2.28. The van der Waals surface area contributed by atoms with Gasteiger partial charge in [-0.3, -0.25) is 15.0 Å². The van der Waals surface area contributed by atoms with Gasteiger partial charge in [0.15, 0.2) is 0 Å². The smallest absolute Gasteiger partial charge is 0.295 e. The summed E-state index contributed by atoms with van der Waals surface area (Å²) < 4.78 is 0. The summed E-state index contributed by atoms with van der Waals surface area (Å²) >= 11 is 1.31. The minimum atomic E-state index is -0.304. The van der Waals surface area contributed by atoms with Crippen molar-refractivity contribution in [2.24, 2.45) is 0 Å². The third-order valence-electron chi connectivity index (χ3n) is 3.41. The summed E-state index contributed by atoms with van der Waals surface area (Å²) in [7, 11) is 0. The van der Waals surface area contributed by atoms with Gasteiger partial charge in [-0.15, -0.1) is 0 Å². The Kier molecular flexibility index (Phi) is 4.12. The van der Waals surface area contributed by atoms with Crippen molar-refractivity contribution in [2.45, 2.75) is 45.2 Å². The highest BCUT2D eigenvalue weighted by molar-refractivity contribution is 7.15. The topological polar surface area (TPSA) is 46.4 Å². The molecule has 5 heteroatoms. The van der Waals surface area contributed by atoms with Crippen LogP contribution in [0.5, 0.6) is 0 Å². The number of hydrogen-bond acceptors (Lipinski definition) is 4. The zero-order chi connectivity index (χ0) is 12.3. The average molecular weight is 254 g/mol. The highest BCUT2D eigenvalue weighted by atomic mass is 32.1. The van der Waals surface area contributed by atoms with Gasteiger partial charge < -0.3 is 0 Å². The van der Waals surface area contributed by atoms with Gasteiger partial charge in [-0.2, -0.15) is 0 Å². The van der Waals surface area contributed by atoms with Gasteiger partial charge in [0.2, 0.25) is 0 Å². The Morgan fingerprint density at radius 2 is 2.35 bits per heavy atom. The number of thiophene rings is 1. The summed E-state index contributed by atoms with van der Waals surface area (Å²) in [4.78, 5) is 13.9. The van der Waals surface area contributed by atoms with Crippen LogP contribution in [0.2, 0.25) is 0 Å². The minimum absolute atomic E-state index is 0.255. The second-order valence-corrected chi connectivity index (χ2v) is 5.67. The SMILES string of the molecule is CC[C@@H]1CCCCN1Cc1ccc([N+](=O)[O-])s1. The standard InChI is InChI=1S/C12H18N2O2S/c1-2-10-5-3-4-8-13(10)9-11-6-7-12(17-11)14(15)16/h6-7,10H,2-5,8-9H2,1H3/t10-/m1/s1. The number of nitro groups is 1. The van der Waals surface area contributed by atoms with E-state index in [4.69, 9.17) is 0 Å². The first kappa shape index (κ1) is 12.5. The number of rotatable bonds is 4. The van der Waals surface area contributed by atoms with E-state index in [1.54, 1.807) is 6.07 Å². The molecule has 1 aliphatic rings. The summed E-state index contributed by atoms with van der Waals surface area (Å²) in [5.74, 6) is 0. The Bertz CT molecular complexity index is 392. The number of likely N-dealkylation sites (tertiary alicyclic amines) is 1. The molecule has 0 unspecified atom stereocenters. The maximum atomic E-state index is 10.6. The summed E-state index contributed by atoms with van der Waals surface area (Å²) in [5.41, 5.74) is 0. The van der Waals surface area contributed by atoms with Crippen molar-refractivity contribution >= 4 is 16.3 Å².